The predicted molar refractivity (Wildman–Crippen MR) is 100 cm³/mol. The fourth-order valence-corrected chi connectivity index (χ4v) is 4.64. The first-order chi connectivity index (χ1) is 12.3. The molecular formula is C19H34N6. The van der Waals surface area contributed by atoms with Crippen LogP contribution in [-0.2, 0) is 19.6 Å². The van der Waals surface area contributed by atoms with Gasteiger partial charge in [-0.15, -0.1) is 0 Å². The van der Waals surface area contributed by atoms with Crippen molar-refractivity contribution in [2.75, 3.05) is 59.4 Å². The van der Waals surface area contributed by atoms with E-state index in [1.807, 2.05) is 0 Å². The van der Waals surface area contributed by atoms with E-state index in [9.17, 15) is 0 Å². The average Bonchev–Trinajstić information content (AvgIpc) is 2.85. The van der Waals surface area contributed by atoms with Gasteiger partial charge in [0.1, 0.15) is 0 Å². The lowest BCUT2D eigenvalue weighted by Crippen LogP contribution is -2.49. The van der Waals surface area contributed by atoms with Crippen LogP contribution in [0.5, 0.6) is 0 Å². The quantitative estimate of drug-likeness (QED) is 0.875. The van der Waals surface area contributed by atoms with Crippen molar-refractivity contribution in [2.24, 2.45) is 5.92 Å². The van der Waals surface area contributed by atoms with Crippen LogP contribution in [0.4, 0.5) is 0 Å². The number of nitrogens with zero attached hydrogens (tertiary/aromatic N) is 5. The monoisotopic (exact) mass is 346 g/mol. The summed E-state index contributed by atoms with van der Waals surface area (Å²) in [4.78, 5) is 7.77. The van der Waals surface area contributed by atoms with Gasteiger partial charge in [0.15, 0.2) is 0 Å². The van der Waals surface area contributed by atoms with Crippen molar-refractivity contribution in [3.63, 3.8) is 0 Å². The SMILES string of the molecule is CN1CCC[C@@H](CN2CCN(Cc3cc4n(n3)CCCNC4)CC2)C1. The third-order valence-electron chi connectivity index (χ3n) is 6.03. The van der Waals surface area contributed by atoms with E-state index in [0.29, 0.717) is 0 Å². The molecule has 4 heterocycles. The molecule has 6 heteroatoms. The summed E-state index contributed by atoms with van der Waals surface area (Å²) in [6.07, 6.45) is 3.98. The Morgan fingerprint density at radius 3 is 2.76 bits per heavy atom. The Kier molecular flexibility index (Phi) is 5.70. The first-order valence-electron chi connectivity index (χ1n) is 10.2. The number of piperazine rings is 1. The molecule has 1 atom stereocenters. The average molecular weight is 347 g/mol. The molecule has 2 fully saturated rings. The second kappa shape index (κ2) is 8.16. The lowest BCUT2D eigenvalue weighted by atomic mass is 9.97. The van der Waals surface area contributed by atoms with Crippen molar-refractivity contribution in [2.45, 2.75) is 38.9 Å². The molecule has 1 aromatic rings. The summed E-state index contributed by atoms with van der Waals surface area (Å²) in [5.41, 5.74) is 2.61. The first kappa shape index (κ1) is 17.5. The molecule has 0 bridgehead atoms. The Balaban J connectivity index is 1.23. The first-order valence-corrected chi connectivity index (χ1v) is 10.2. The highest BCUT2D eigenvalue weighted by atomic mass is 15.3. The van der Waals surface area contributed by atoms with Crippen LogP contribution in [0, 0.1) is 5.92 Å². The van der Waals surface area contributed by atoms with Crippen LogP contribution in [0.25, 0.3) is 0 Å². The highest BCUT2D eigenvalue weighted by molar-refractivity contribution is 5.11. The fourth-order valence-electron chi connectivity index (χ4n) is 4.64. The molecule has 1 N–H and O–H groups in total. The minimum absolute atomic E-state index is 0.876. The van der Waals surface area contributed by atoms with E-state index in [1.54, 1.807) is 0 Å². The molecule has 2 saturated heterocycles. The van der Waals surface area contributed by atoms with Gasteiger partial charge in [-0.2, -0.15) is 5.10 Å². The Bertz CT molecular complexity index is 525. The number of rotatable bonds is 4. The van der Waals surface area contributed by atoms with Gasteiger partial charge in [-0.05, 0) is 51.4 Å². The molecule has 140 valence electrons. The van der Waals surface area contributed by atoms with Gasteiger partial charge in [0.25, 0.3) is 0 Å². The number of fused-ring (bicyclic) bond motifs is 1. The van der Waals surface area contributed by atoms with Gasteiger partial charge in [-0.25, -0.2) is 0 Å². The number of likely N-dealkylation sites (tertiary alicyclic amines) is 1. The van der Waals surface area contributed by atoms with E-state index < -0.39 is 0 Å². The molecule has 4 rings (SSSR count). The number of nitrogens with one attached hydrogen (secondary N) is 1. The van der Waals surface area contributed by atoms with E-state index in [0.717, 1.165) is 32.1 Å². The summed E-state index contributed by atoms with van der Waals surface area (Å²) in [7, 11) is 2.27. The van der Waals surface area contributed by atoms with Crippen molar-refractivity contribution >= 4 is 0 Å². The normalized spacial score (nSPS) is 27.2. The lowest BCUT2D eigenvalue weighted by Gasteiger charge is -2.38. The summed E-state index contributed by atoms with van der Waals surface area (Å²) in [5.74, 6) is 0.876. The van der Waals surface area contributed by atoms with Crippen LogP contribution in [0.3, 0.4) is 0 Å². The molecule has 25 heavy (non-hydrogen) atoms. The summed E-state index contributed by atoms with van der Waals surface area (Å²) < 4.78 is 2.21. The predicted octanol–water partition coefficient (Wildman–Crippen LogP) is 0.836. The summed E-state index contributed by atoms with van der Waals surface area (Å²) in [6, 6.07) is 2.31. The largest absolute Gasteiger partial charge is 0.311 e. The second-order valence-electron chi connectivity index (χ2n) is 8.23. The summed E-state index contributed by atoms with van der Waals surface area (Å²) in [5, 5.41) is 8.33. The van der Waals surface area contributed by atoms with Crippen molar-refractivity contribution in [1.82, 2.24) is 29.8 Å². The second-order valence-corrected chi connectivity index (χ2v) is 8.23. The van der Waals surface area contributed by atoms with E-state index >= 15 is 0 Å². The summed E-state index contributed by atoms with van der Waals surface area (Å²) >= 11 is 0. The Hall–Kier alpha value is -0.950. The third-order valence-corrected chi connectivity index (χ3v) is 6.03. The highest BCUT2D eigenvalue weighted by Gasteiger charge is 2.23. The van der Waals surface area contributed by atoms with Crippen LogP contribution >= 0.6 is 0 Å². The molecule has 0 aliphatic carbocycles. The maximum Gasteiger partial charge on any atom is 0.0768 e. The number of hydrogen-bond acceptors (Lipinski definition) is 5. The Morgan fingerprint density at radius 2 is 1.92 bits per heavy atom. The zero-order valence-electron chi connectivity index (χ0n) is 15.8. The molecule has 3 aliphatic heterocycles. The Morgan fingerprint density at radius 1 is 1.08 bits per heavy atom. The van der Waals surface area contributed by atoms with Gasteiger partial charge in [0.2, 0.25) is 0 Å². The lowest BCUT2D eigenvalue weighted by molar-refractivity contribution is 0.0923. The molecule has 0 amide bonds. The van der Waals surface area contributed by atoms with Crippen LogP contribution in [-0.4, -0.2) is 83.9 Å². The molecule has 1 aromatic heterocycles. The maximum atomic E-state index is 4.84. The van der Waals surface area contributed by atoms with Crippen LogP contribution < -0.4 is 5.32 Å². The molecule has 0 saturated carbocycles. The van der Waals surface area contributed by atoms with Gasteiger partial charge >= 0.3 is 0 Å². The topological polar surface area (TPSA) is 39.6 Å². The van der Waals surface area contributed by atoms with Gasteiger partial charge in [-0.1, -0.05) is 0 Å². The summed E-state index contributed by atoms with van der Waals surface area (Å²) in [6.45, 7) is 12.8. The van der Waals surface area contributed by atoms with Crippen LogP contribution in [0.2, 0.25) is 0 Å². The van der Waals surface area contributed by atoms with Crippen molar-refractivity contribution in [1.29, 1.82) is 0 Å². The number of hydrogen-bond donors (Lipinski definition) is 1. The van der Waals surface area contributed by atoms with Gasteiger partial charge in [0.05, 0.1) is 11.4 Å². The molecule has 0 radical (unpaired) electrons. The third kappa shape index (κ3) is 4.61. The molecule has 0 unspecified atom stereocenters. The zero-order valence-corrected chi connectivity index (χ0v) is 15.8. The van der Waals surface area contributed by atoms with Crippen LogP contribution in [0.15, 0.2) is 6.07 Å². The molecule has 3 aliphatic rings. The molecule has 6 nitrogen and oxygen atoms in total. The highest BCUT2D eigenvalue weighted by Crippen LogP contribution is 2.18. The maximum absolute atomic E-state index is 4.84. The Labute approximate surface area is 152 Å². The number of piperidine rings is 1. The molecular weight excluding hydrogens is 312 g/mol. The van der Waals surface area contributed by atoms with E-state index in [1.165, 1.54) is 76.5 Å². The molecule has 0 aromatic carbocycles. The number of aryl methyl sites for hydroxylation is 1. The minimum atomic E-state index is 0.876. The van der Waals surface area contributed by atoms with Crippen LogP contribution in [0.1, 0.15) is 30.7 Å². The molecule has 0 spiro atoms. The smallest absolute Gasteiger partial charge is 0.0768 e. The fraction of sp³-hybridized carbons (Fsp3) is 0.842. The minimum Gasteiger partial charge on any atom is -0.311 e. The van der Waals surface area contributed by atoms with Gasteiger partial charge in [-0.3, -0.25) is 9.58 Å². The van der Waals surface area contributed by atoms with Gasteiger partial charge in [0, 0.05) is 58.9 Å². The van der Waals surface area contributed by atoms with Crippen molar-refractivity contribution in [3.05, 3.63) is 17.5 Å². The standard InChI is InChI=1S/C19H34N6/c1-22-6-2-4-17(14-22)15-23-8-10-24(11-9-23)16-18-12-19-13-20-5-3-7-25(19)21-18/h12,17,20H,2-11,13-16H2,1H3/t17-/m1/s1. The van der Waals surface area contributed by atoms with E-state index in [4.69, 9.17) is 5.10 Å². The van der Waals surface area contributed by atoms with Crippen molar-refractivity contribution in [3.8, 4) is 0 Å². The van der Waals surface area contributed by atoms with E-state index in [-0.39, 0.29) is 0 Å². The van der Waals surface area contributed by atoms with Crippen molar-refractivity contribution < 1.29 is 0 Å². The number of aromatic nitrogens is 2. The van der Waals surface area contributed by atoms with E-state index in [2.05, 4.69) is 37.8 Å². The van der Waals surface area contributed by atoms with Gasteiger partial charge < -0.3 is 15.1 Å². The zero-order chi connectivity index (χ0) is 17.1.